The molecule has 2 heterocycles. The third-order valence-electron chi connectivity index (χ3n) is 4.30. The van der Waals surface area contributed by atoms with Crippen molar-refractivity contribution < 1.29 is 14.0 Å². The van der Waals surface area contributed by atoms with Crippen LogP contribution in [-0.4, -0.2) is 42.5 Å². The molecule has 0 radical (unpaired) electrons. The Kier molecular flexibility index (Phi) is 5.22. The number of ether oxygens (including phenoxy) is 2. The smallest absolute Gasteiger partial charge is 0.231 e. The number of nitrogens with one attached hydrogen (secondary N) is 1. The first-order valence-corrected chi connectivity index (χ1v) is 8.14. The second-order valence-corrected chi connectivity index (χ2v) is 5.88. The molecule has 0 aromatic carbocycles. The molecule has 118 valence electrons. The van der Waals surface area contributed by atoms with Crippen molar-refractivity contribution in [2.45, 2.75) is 57.1 Å². The highest BCUT2D eigenvalue weighted by molar-refractivity contribution is 5.03. The van der Waals surface area contributed by atoms with Crippen molar-refractivity contribution in [3.63, 3.8) is 0 Å². The molecule has 21 heavy (non-hydrogen) atoms. The summed E-state index contributed by atoms with van der Waals surface area (Å²) in [5, 5.41) is 7.74. The van der Waals surface area contributed by atoms with Crippen LogP contribution in [0, 0.1) is 0 Å². The first-order valence-electron chi connectivity index (χ1n) is 8.14. The van der Waals surface area contributed by atoms with Crippen molar-refractivity contribution in [2.75, 3.05) is 26.4 Å². The molecule has 2 aliphatic rings. The number of rotatable bonds is 5. The molecule has 3 rings (SSSR count). The fraction of sp³-hybridized carbons (Fsp3) is 0.867. The predicted octanol–water partition coefficient (Wildman–Crippen LogP) is 2.18. The molecule has 0 amide bonds. The molecule has 1 N–H and O–H groups in total. The summed E-state index contributed by atoms with van der Waals surface area (Å²) in [4.78, 5) is 4.59. The van der Waals surface area contributed by atoms with Crippen LogP contribution >= 0.6 is 0 Å². The Balaban J connectivity index is 1.67. The fourth-order valence-corrected chi connectivity index (χ4v) is 3.17. The Hall–Kier alpha value is -0.980. The van der Waals surface area contributed by atoms with Crippen LogP contribution in [0.25, 0.3) is 0 Å². The van der Waals surface area contributed by atoms with E-state index < -0.39 is 0 Å². The summed E-state index contributed by atoms with van der Waals surface area (Å²) < 4.78 is 16.6. The molecule has 1 saturated heterocycles. The van der Waals surface area contributed by atoms with Crippen LogP contribution in [-0.2, 0) is 9.47 Å². The molecule has 6 heteroatoms. The van der Waals surface area contributed by atoms with E-state index in [2.05, 4.69) is 22.4 Å². The van der Waals surface area contributed by atoms with Gasteiger partial charge in [-0.3, -0.25) is 0 Å². The maximum absolute atomic E-state index is 5.63. The van der Waals surface area contributed by atoms with Gasteiger partial charge in [-0.05, 0) is 25.8 Å². The third kappa shape index (κ3) is 3.62. The summed E-state index contributed by atoms with van der Waals surface area (Å²) in [6.45, 7) is 4.99. The average molecular weight is 295 g/mol. The average Bonchev–Trinajstić information content (AvgIpc) is 3.04. The maximum atomic E-state index is 5.63. The topological polar surface area (TPSA) is 69.4 Å². The van der Waals surface area contributed by atoms with Crippen molar-refractivity contribution in [3.05, 3.63) is 11.7 Å². The van der Waals surface area contributed by atoms with E-state index in [4.69, 9.17) is 14.0 Å². The zero-order valence-corrected chi connectivity index (χ0v) is 12.7. The van der Waals surface area contributed by atoms with Gasteiger partial charge in [-0.25, -0.2) is 0 Å². The van der Waals surface area contributed by atoms with Gasteiger partial charge >= 0.3 is 0 Å². The molecule has 0 spiro atoms. The molecule has 1 aliphatic carbocycles. The summed E-state index contributed by atoms with van der Waals surface area (Å²) in [5.74, 6) is 1.72. The van der Waals surface area contributed by atoms with Gasteiger partial charge < -0.3 is 19.3 Å². The van der Waals surface area contributed by atoms with Gasteiger partial charge in [0.15, 0.2) is 0 Å². The lowest BCUT2D eigenvalue weighted by Gasteiger charge is -2.29. The lowest BCUT2D eigenvalue weighted by molar-refractivity contribution is -0.0941. The first-order chi connectivity index (χ1) is 10.4. The Morgan fingerprint density at radius 1 is 1.24 bits per heavy atom. The minimum Gasteiger partial charge on any atom is -0.376 e. The first kappa shape index (κ1) is 14.9. The second-order valence-electron chi connectivity index (χ2n) is 5.88. The van der Waals surface area contributed by atoms with Gasteiger partial charge in [-0.15, -0.1) is 0 Å². The molecular formula is C15H25N3O3. The molecular weight excluding hydrogens is 270 g/mol. The molecule has 1 aliphatic heterocycles. The van der Waals surface area contributed by atoms with E-state index in [1.807, 2.05) is 0 Å². The molecule has 2 fully saturated rings. The van der Waals surface area contributed by atoms with Gasteiger partial charge in [0.05, 0.1) is 25.7 Å². The highest BCUT2D eigenvalue weighted by atomic mass is 16.6. The molecule has 6 nitrogen and oxygen atoms in total. The van der Waals surface area contributed by atoms with E-state index in [-0.39, 0.29) is 6.10 Å². The Morgan fingerprint density at radius 3 is 2.95 bits per heavy atom. The monoisotopic (exact) mass is 295 g/mol. The molecule has 0 bridgehead atoms. The number of hydrogen-bond donors (Lipinski definition) is 1. The van der Waals surface area contributed by atoms with Gasteiger partial charge in [0.25, 0.3) is 0 Å². The van der Waals surface area contributed by atoms with Crippen LogP contribution in [0.3, 0.4) is 0 Å². The van der Waals surface area contributed by atoms with Crippen LogP contribution < -0.4 is 5.32 Å². The number of hydrogen-bond acceptors (Lipinski definition) is 6. The second kappa shape index (κ2) is 7.33. The Labute approximate surface area is 125 Å². The largest absolute Gasteiger partial charge is 0.376 e. The maximum Gasteiger partial charge on any atom is 0.231 e. The number of aromatic nitrogens is 2. The van der Waals surface area contributed by atoms with Crippen LogP contribution in [0.2, 0.25) is 0 Å². The van der Waals surface area contributed by atoms with Crippen molar-refractivity contribution in [1.82, 2.24) is 15.5 Å². The zero-order chi connectivity index (χ0) is 14.5. The van der Waals surface area contributed by atoms with E-state index in [1.54, 1.807) is 0 Å². The van der Waals surface area contributed by atoms with Gasteiger partial charge in [0, 0.05) is 6.04 Å². The highest BCUT2D eigenvalue weighted by Gasteiger charge is 2.32. The van der Waals surface area contributed by atoms with Gasteiger partial charge in [-0.1, -0.05) is 24.9 Å². The van der Waals surface area contributed by atoms with Crippen molar-refractivity contribution in [3.8, 4) is 0 Å². The SMILES string of the molecule is CCCNC1CCCCC1c1nc(C2COCCO2)no1. The highest BCUT2D eigenvalue weighted by Crippen LogP contribution is 2.33. The summed E-state index contributed by atoms with van der Waals surface area (Å²) in [5.41, 5.74) is 0. The minimum absolute atomic E-state index is 0.179. The molecule has 3 atom stereocenters. The van der Waals surface area contributed by atoms with E-state index in [0.29, 0.717) is 37.6 Å². The van der Waals surface area contributed by atoms with Crippen molar-refractivity contribution >= 4 is 0 Å². The zero-order valence-electron chi connectivity index (χ0n) is 12.7. The lowest BCUT2D eigenvalue weighted by Crippen LogP contribution is -2.37. The van der Waals surface area contributed by atoms with E-state index >= 15 is 0 Å². The van der Waals surface area contributed by atoms with Gasteiger partial charge in [0.2, 0.25) is 11.7 Å². The van der Waals surface area contributed by atoms with Crippen molar-refractivity contribution in [2.24, 2.45) is 0 Å². The third-order valence-corrected chi connectivity index (χ3v) is 4.30. The number of nitrogens with zero attached hydrogens (tertiary/aromatic N) is 2. The quantitative estimate of drug-likeness (QED) is 0.898. The van der Waals surface area contributed by atoms with Crippen LogP contribution in [0.5, 0.6) is 0 Å². The summed E-state index contributed by atoms with van der Waals surface area (Å²) in [7, 11) is 0. The van der Waals surface area contributed by atoms with Gasteiger partial charge in [0.1, 0.15) is 6.10 Å². The van der Waals surface area contributed by atoms with E-state index in [9.17, 15) is 0 Å². The molecule has 1 aromatic rings. The Morgan fingerprint density at radius 2 is 2.14 bits per heavy atom. The van der Waals surface area contributed by atoms with Crippen molar-refractivity contribution in [1.29, 1.82) is 0 Å². The molecule has 1 aromatic heterocycles. The van der Waals surface area contributed by atoms with Crippen LogP contribution in [0.15, 0.2) is 4.52 Å². The van der Waals surface area contributed by atoms with E-state index in [0.717, 1.165) is 25.3 Å². The van der Waals surface area contributed by atoms with Crippen LogP contribution in [0.1, 0.15) is 62.8 Å². The Bertz CT molecular complexity index is 432. The van der Waals surface area contributed by atoms with Crippen LogP contribution in [0.4, 0.5) is 0 Å². The summed E-state index contributed by atoms with van der Waals surface area (Å²) in [6, 6.07) is 0.454. The lowest BCUT2D eigenvalue weighted by atomic mass is 9.84. The minimum atomic E-state index is -0.179. The standard InChI is InChI=1S/C15H25N3O3/c1-2-7-16-12-6-4-3-5-11(12)15-17-14(18-21-15)13-10-19-8-9-20-13/h11-13,16H,2-10H2,1H3. The summed E-state index contributed by atoms with van der Waals surface area (Å²) in [6.07, 6.45) is 5.78. The fourth-order valence-electron chi connectivity index (χ4n) is 3.17. The normalized spacial score (nSPS) is 30.4. The summed E-state index contributed by atoms with van der Waals surface area (Å²) >= 11 is 0. The van der Waals surface area contributed by atoms with E-state index in [1.165, 1.54) is 19.3 Å². The molecule has 3 unspecified atom stereocenters. The molecule has 1 saturated carbocycles. The predicted molar refractivity (Wildman–Crippen MR) is 77.1 cm³/mol. The van der Waals surface area contributed by atoms with Gasteiger partial charge in [-0.2, -0.15) is 4.98 Å².